The van der Waals surface area contributed by atoms with Crippen molar-refractivity contribution < 1.29 is 29.2 Å². The summed E-state index contributed by atoms with van der Waals surface area (Å²) < 4.78 is 24.0. The molecule has 9 heteroatoms. The topological polar surface area (TPSA) is 95.9 Å². The van der Waals surface area contributed by atoms with Crippen molar-refractivity contribution in [1.82, 2.24) is 5.32 Å². The van der Waals surface area contributed by atoms with Gasteiger partial charge in [-0.25, -0.2) is 0 Å². The van der Waals surface area contributed by atoms with Crippen molar-refractivity contribution in [2.75, 3.05) is 63.5 Å². The number of methoxy groups -OCH3 is 2. The second kappa shape index (κ2) is 19.6. The van der Waals surface area contributed by atoms with E-state index in [1.807, 2.05) is 78.9 Å². The van der Waals surface area contributed by atoms with Crippen LogP contribution in [0.3, 0.4) is 0 Å². The van der Waals surface area contributed by atoms with Crippen LogP contribution in [-0.4, -0.2) is 76.1 Å². The fraction of sp³-hybridized carbons (Fsp3) is 0.368. The molecular formula is C57H67N3O6. The molecule has 8 rings (SSSR count). The maximum atomic E-state index is 12.1. The molecule has 0 saturated heterocycles. The quantitative estimate of drug-likeness (QED) is 0.0554. The Morgan fingerprint density at radius 1 is 0.667 bits per heavy atom. The van der Waals surface area contributed by atoms with Crippen molar-refractivity contribution in [1.29, 1.82) is 0 Å². The summed E-state index contributed by atoms with van der Waals surface area (Å²) in [5.74, 6) is 1.27. The van der Waals surface area contributed by atoms with E-state index in [1.165, 1.54) is 33.9 Å². The number of nitrogens with one attached hydrogen (secondary N) is 1. The maximum Gasteiger partial charge on any atom is 0.143 e. The lowest BCUT2D eigenvalue weighted by Crippen LogP contribution is -2.43. The number of nitrogens with zero attached hydrogens (tertiary/aromatic N) is 2. The van der Waals surface area contributed by atoms with Crippen LogP contribution in [-0.2, 0) is 25.9 Å². The van der Waals surface area contributed by atoms with E-state index in [-0.39, 0.29) is 30.0 Å². The van der Waals surface area contributed by atoms with Crippen LogP contribution >= 0.6 is 0 Å². The van der Waals surface area contributed by atoms with Crippen LogP contribution in [0.25, 0.3) is 0 Å². The molecule has 346 valence electrons. The molecule has 66 heavy (non-hydrogen) atoms. The minimum Gasteiger partial charge on any atom is -0.497 e. The average molecular weight is 890 g/mol. The smallest absolute Gasteiger partial charge is 0.143 e. The Balaban J connectivity index is 0.987. The molecular weight excluding hydrogens is 823 g/mol. The van der Waals surface area contributed by atoms with E-state index in [9.17, 15) is 10.2 Å². The summed E-state index contributed by atoms with van der Waals surface area (Å²) >= 11 is 0. The molecule has 5 aromatic rings. The molecule has 0 amide bonds. The van der Waals surface area contributed by atoms with Crippen LogP contribution in [0.4, 0.5) is 11.4 Å². The van der Waals surface area contributed by atoms with Gasteiger partial charge in [0, 0.05) is 77.0 Å². The van der Waals surface area contributed by atoms with E-state index < -0.39 is 17.8 Å². The first-order valence-electron chi connectivity index (χ1n) is 23.5. The maximum absolute atomic E-state index is 12.1. The summed E-state index contributed by atoms with van der Waals surface area (Å²) in [6.07, 6.45) is 3.66. The lowest BCUT2D eigenvalue weighted by molar-refractivity contribution is -0.0640. The Morgan fingerprint density at radius 3 is 1.71 bits per heavy atom. The lowest BCUT2D eigenvalue weighted by atomic mass is 9.74. The van der Waals surface area contributed by atoms with Gasteiger partial charge >= 0.3 is 0 Å². The molecule has 0 spiro atoms. The number of rotatable bonds is 19. The molecule has 3 unspecified atom stereocenters. The van der Waals surface area contributed by atoms with Crippen molar-refractivity contribution in [2.24, 2.45) is 5.92 Å². The number of allylic oxidation sites excluding steroid dienone is 2. The Kier molecular flexibility index (Phi) is 13.8. The average Bonchev–Trinajstić information content (AvgIpc) is 3.71. The molecule has 0 radical (unpaired) electrons. The number of benzene rings is 5. The van der Waals surface area contributed by atoms with E-state index >= 15 is 0 Å². The molecule has 1 aliphatic carbocycles. The van der Waals surface area contributed by atoms with Crippen LogP contribution in [0, 0.1) is 5.92 Å². The molecule has 3 atom stereocenters. The molecule has 0 fully saturated rings. The molecule has 3 aliphatic rings. The summed E-state index contributed by atoms with van der Waals surface area (Å²) in [6, 6.07) is 43.1. The highest BCUT2D eigenvalue weighted by Gasteiger charge is 2.46. The number of aliphatic hydroxyl groups is 2. The zero-order chi connectivity index (χ0) is 46.6. The molecule has 9 nitrogen and oxygen atoms in total. The number of ether oxygens (including phenoxy) is 4. The van der Waals surface area contributed by atoms with Gasteiger partial charge in [-0.3, -0.25) is 0 Å². The van der Waals surface area contributed by atoms with Crippen molar-refractivity contribution >= 4 is 11.4 Å². The first kappa shape index (κ1) is 46.7. The highest BCUT2D eigenvalue weighted by molar-refractivity contribution is 5.73. The van der Waals surface area contributed by atoms with Gasteiger partial charge in [-0.15, -0.1) is 0 Å². The van der Waals surface area contributed by atoms with Gasteiger partial charge in [0.2, 0.25) is 0 Å². The highest BCUT2D eigenvalue weighted by Crippen LogP contribution is 2.52. The predicted octanol–water partition coefficient (Wildman–Crippen LogP) is 10.0. The van der Waals surface area contributed by atoms with Gasteiger partial charge < -0.3 is 44.3 Å². The summed E-state index contributed by atoms with van der Waals surface area (Å²) in [6.45, 7) is 16.4. The third kappa shape index (κ3) is 8.54. The summed E-state index contributed by atoms with van der Waals surface area (Å²) in [5, 5.41) is 27.3. The van der Waals surface area contributed by atoms with E-state index in [2.05, 4.69) is 117 Å². The normalized spacial score (nSPS) is 20.0. The Hall–Kier alpha value is -5.84. The zero-order valence-electron chi connectivity index (χ0n) is 39.9. The number of anilines is 2. The second-order valence-electron chi connectivity index (χ2n) is 18.5. The third-order valence-corrected chi connectivity index (χ3v) is 13.9. The molecule has 2 heterocycles. The van der Waals surface area contributed by atoms with Crippen molar-refractivity contribution in [2.45, 2.75) is 76.6 Å². The highest BCUT2D eigenvalue weighted by atomic mass is 16.5. The summed E-state index contributed by atoms with van der Waals surface area (Å²) in [7, 11) is 3.30. The molecule has 0 bridgehead atoms. The largest absolute Gasteiger partial charge is 0.497 e. The van der Waals surface area contributed by atoms with E-state index in [0.717, 1.165) is 52.5 Å². The Morgan fingerprint density at radius 2 is 1.17 bits per heavy atom. The first-order valence-corrected chi connectivity index (χ1v) is 23.5. The van der Waals surface area contributed by atoms with Crippen LogP contribution in [0.15, 0.2) is 162 Å². The van der Waals surface area contributed by atoms with Crippen LogP contribution in [0.5, 0.6) is 11.5 Å². The second-order valence-corrected chi connectivity index (χ2v) is 18.5. The minimum absolute atomic E-state index is 0.0222. The van der Waals surface area contributed by atoms with Crippen LogP contribution in [0.1, 0.15) is 75.8 Å². The van der Waals surface area contributed by atoms with Gasteiger partial charge in [-0.05, 0) is 90.6 Å². The fourth-order valence-electron chi connectivity index (χ4n) is 10.4. The van der Waals surface area contributed by atoms with Crippen molar-refractivity contribution in [3.05, 3.63) is 190 Å². The van der Waals surface area contributed by atoms with E-state index in [1.54, 1.807) is 14.2 Å². The number of hydrogen-bond donors (Lipinski definition) is 3. The standard InChI is InChI=1S/C57H67N3O6/c1-9-59-49-23-16-14-21-47(49)55(3,4)51(59)35-45-53(46(54(45)62)36-52-56(5,6)48-22-15-17-24-50(48)60(52)10-2)58-33-18-34-65-37-42(61)38-66-57(39-19-12-11-13-20-39,40-25-29-43(63-7)30-26-40)41-27-31-44(64-8)32-28-41/h11-17,19-32,35-36,42,45,54,58,61-62H,9-10,18,33-34,37-38H2,1-8H3. The van der Waals surface area contributed by atoms with Gasteiger partial charge in [0.15, 0.2) is 0 Å². The van der Waals surface area contributed by atoms with Gasteiger partial charge in [-0.1, -0.05) is 125 Å². The first-order chi connectivity index (χ1) is 31.9. The number of hydrogen-bond acceptors (Lipinski definition) is 9. The number of fused-ring (bicyclic) bond motifs is 2. The van der Waals surface area contributed by atoms with Crippen LogP contribution in [0.2, 0.25) is 0 Å². The van der Waals surface area contributed by atoms with Crippen molar-refractivity contribution in [3.8, 4) is 11.5 Å². The lowest BCUT2D eigenvalue weighted by Gasteiger charge is -2.40. The fourth-order valence-corrected chi connectivity index (χ4v) is 10.4. The minimum atomic E-state index is -1.04. The third-order valence-electron chi connectivity index (χ3n) is 13.9. The van der Waals surface area contributed by atoms with Gasteiger partial charge in [0.1, 0.15) is 23.2 Å². The number of likely N-dealkylation sites (N-methyl/N-ethyl adjacent to an activating group) is 2. The Bertz CT molecular complexity index is 2500. The van der Waals surface area contributed by atoms with Crippen LogP contribution < -0.4 is 24.6 Å². The molecule has 2 aliphatic heterocycles. The summed E-state index contributed by atoms with van der Waals surface area (Å²) in [5.41, 5.74) is 10.6. The van der Waals surface area contributed by atoms with E-state index in [4.69, 9.17) is 18.9 Å². The predicted molar refractivity (Wildman–Crippen MR) is 265 cm³/mol. The molecule has 0 saturated carbocycles. The van der Waals surface area contributed by atoms with Gasteiger partial charge in [-0.2, -0.15) is 0 Å². The zero-order valence-corrected chi connectivity index (χ0v) is 39.9. The van der Waals surface area contributed by atoms with Gasteiger partial charge in [0.25, 0.3) is 0 Å². The molecule has 3 N–H and O–H groups in total. The Labute approximate surface area is 392 Å². The monoisotopic (exact) mass is 890 g/mol. The summed E-state index contributed by atoms with van der Waals surface area (Å²) in [4.78, 5) is 4.78. The van der Waals surface area contributed by atoms with Crippen molar-refractivity contribution in [3.63, 3.8) is 0 Å². The van der Waals surface area contributed by atoms with Gasteiger partial charge in [0.05, 0.1) is 33.5 Å². The molecule has 5 aromatic carbocycles. The number of para-hydroxylation sites is 2. The van der Waals surface area contributed by atoms with E-state index in [0.29, 0.717) is 19.6 Å². The SMILES string of the molecule is CCN1C(=CC2=C(NCCCOCC(O)COC(c3ccccc3)(c3ccc(OC)cc3)c3ccc(OC)cc3)C(C=C3N(CC)c4ccccc4C3(C)C)C2O)C(C)(C)c2ccccc21. The number of aliphatic hydroxyl groups excluding tert-OH is 2. The molecule has 0 aromatic heterocycles.